The number of aliphatic hydroxyl groups is 5. The van der Waals surface area contributed by atoms with Crippen LogP contribution in [0.5, 0.6) is 0 Å². The number of rotatable bonds is 22. The van der Waals surface area contributed by atoms with Gasteiger partial charge in [0, 0.05) is 32.2 Å². The molecule has 16 atom stereocenters. The molecule has 2 amide bonds. The summed E-state index contributed by atoms with van der Waals surface area (Å²) < 4.78 is 98.4. The quantitative estimate of drug-likeness (QED) is 0.0301. The summed E-state index contributed by atoms with van der Waals surface area (Å²) in [5, 5.41) is 68.6. The van der Waals surface area contributed by atoms with Gasteiger partial charge in [0.1, 0.15) is 48.4 Å². The van der Waals surface area contributed by atoms with Crippen LogP contribution in [0.1, 0.15) is 97.8 Å². The van der Waals surface area contributed by atoms with E-state index in [0.29, 0.717) is 6.42 Å². The fraction of sp³-hybridized carbons (Fsp3) is 0.897. The van der Waals surface area contributed by atoms with Crippen molar-refractivity contribution in [2.45, 2.75) is 183 Å². The van der Waals surface area contributed by atoms with Gasteiger partial charge in [-0.1, -0.05) is 45.4 Å². The minimum Gasteiger partial charge on any atom is -0.748 e. The molecule has 370 valence electrons. The first-order valence-corrected chi connectivity index (χ1v) is 24.7. The number of carbonyl (C=O) groups is 4. The molecule has 0 aromatic rings. The maximum Gasteiger partial charge on any atom is 1.00 e. The average molecular weight is 1030 g/mol. The van der Waals surface area contributed by atoms with E-state index in [9.17, 15) is 75.8 Å². The maximum atomic E-state index is 13.8. The summed E-state index contributed by atoms with van der Waals surface area (Å²) in [6.45, 7) is 3.35. The van der Waals surface area contributed by atoms with Crippen LogP contribution in [0.2, 0.25) is 0 Å². The van der Waals surface area contributed by atoms with Crippen molar-refractivity contribution in [1.82, 2.24) is 10.6 Å². The molecule has 2 aliphatic heterocycles. The Kier molecular flexibility index (Phi) is 29.3. The molecule has 0 radical (unpaired) electrons. The van der Waals surface area contributed by atoms with Gasteiger partial charge in [0.2, 0.25) is 11.8 Å². The predicted octanol–water partition coefficient (Wildman–Crippen LogP) is -12.6. The number of ether oxygens (including phenoxy) is 5. The van der Waals surface area contributed by atoms with Crippen LogP contribution in [0, 0.1) is 17.8 Å². The number of hydrogen-bond acceptors (Lipinski definition) is 21. The fourth-order valence-electron chi connectivity index (χ4n) is 9.06. The van der Waals surface area contributed by atoms with E-state index in [1.807, 2.05) is 0 Å². The molecule has 2 aliphatic carbocycles. The topological polar surface area (TPSA) is 377 Å². The molecule has 4 fully saturated rings. The van der Waals surface area contributed by atoms with Gasteiger partial charge < -0.3 is 78.9 Å². The molecule has 0 spiro atoms. The van der Waals surface area contributed by atoms with Gasteiger partial charge in [-0.2, -0.15) is 0 Å². The Labute approximate surface area is 457 Å². The van der Waals surface area contributed by atoms with Crippen molar-refractivity contribution in [2.24, 2.45) is 17.8 Å². The Morgan fingerprint density at radius 1 is 0.851 bits per heavy atom. The number of carboxylic acids is 1. The molecule has 4 aliphatic rings. The Balaban J connectivity index is 0.00000748. The number of aliphatic carboxylic acids is 1. The van der Waals surface area contributed by atoms with Crippen molar-refractivity contribution in [2.75, 3.05) is 18.9 Å². The van der Waals surface area contributed by atoms with E-state index in [1.165, 1.54) is 6.92 Å². The first-order valence-electron chi connectivity index (χ1n) is 21.7. The second-order valence-corrected chi connectivity index (χ2v) is 20.4. The van der Waals surface area contributed by atoms with E-state index in [1.54, 1.807) is 6.92 Å². The van der Waals surface area contributed by atoms with Crippen molar-refractivity contribution in [3.8, 4) is 0 Å². The van der Waals surface area contributed by atoms with E-state index in [0.717, 1.165) is 39.0 Å². The SMILES string of the molecule is CCC1CC(C(=O)CCCNC(=O)CC(CS(=O)(=O)[O-])S(=O)(=O)[O-])C[C@@H](O[C@@H]2O[C@@H](CO)[C@H](O)C(O[C@@H](CC3CCCCC3)C(=O)[O-])C2NC(C)=O)[C@@H]1O[C@@H]1OC(C)[C@@H](O)[C@H](O)C1O.[Na+].[Na+].[Na+]. The molecule has 7 unspecified atom stereocenters. The Bertz CT molecular complexity index is 1800. The van der Waals surface area contributed by atoms with Crippen LogP contribution in [0.25, 0.3) is 0 Å². The van der Waals surface area contributed by atoms with Crippen LogP contribution in [-0.2, 0) is 63.1 Å². The summed E-state index contributed by atoms with van der Waals surface area (Å²) in [6.07, 6.45) is -14.1. The minimum atomic E-state index is -5.33. The van der Waals surface area contributed by atoms with Crippen molar-refractivity contribution >= 4 is 43.8 Å². The molecular weight excluding hydrogens is 966 g/mol. The van der Waals surface area contributed by atoms with Crippen LogP contribution in [0.4, 0.5) is 0 Å². The summed E-state index contributed by atoms with van der Waals surface area (Å²) in [5.41, 5.74) is 0. The number of hydrogen-bond donors (Lipinski definition) is 7. The van der Waals surface area contributed by atoms with Crippen LogP contribution >= 0.6 is 0 Å². The molecule has 0 bridgehead atoms. The van der Waals surface area contributed by atoms with Gasteiger partial charge >= 0.3 is 88.7 Å². The molecule has 7 N–H and O–H groups in total. The van der Waals surface area contributed by atoms with Crippen LogP contribution < -0.4 is 104 Å². The summed E-state index contributed by atoms with van der Waals surface area (Å²) >= 11 is 0. The van der Waals surface area contributed by atoms with E-state index < -0.39 is 154 Å². The Hall–Kier alpha value is 0.500. The normalized spacial score (nSPS) is 33.6. The first-order chi connectivity index (χ1) is 29.9. The summed E-state index contributed by atoms with van der Waals surface area (Å²) in [4.78, 5) is 51.4. The van der Waals surface area contributed by atoms with Crippen LogP contribution in [0.15, 0.2) is 0 Å². The summed E-state index contributed by atoms with van der Waals surface area (Å²) in [6, 6.07) is -1.43. The third kappa shape index (κ3) is 19.7. The van der Waals surface area contributed by atoms with E-state index in [2.05, 4.69) is 10.6 Å². The molecule has 4 rings (SSSR count). The third-order valence-corrected chi connectivity index (χ3v) is 14.7. The van der Waals surface area contributed by atoms with Crippen LogP contribution in [-0.4, -0.2) is 179 Å². The largest absolute Gasteiger partial charge is 1.00 e. The molecule has 28 heteroatoms. The first kappa shape index (κ1) is 65.5. The van der Waals surface area contributed by atoms with E-state index in [4.69, 9.17) is 23.7 Å². The molecule has 2 heterocycles. The molecule has 2 saturated carbocycles. The van der Waals surface area contributed by atoms with Gasteiger partial charge in [-0.3, -0.25) is 14.4 Å². The fourth-order valence-corrected chi connectivity index (χ4v) is 11.2. The minimum absolute atomic E-state index is 0. The zero-order chi connectivity index (χ0) is 47.7. The Morgan fingerprint density at radius 2 is 1.49 bits per heavy atom. The molecule has 0 aromatic heterocycles. The van der Waals surface area contributed by atoms with Gasteiger partial charge in [0.05, 0.1) is 68.2 Å². The standard InChI is InChI=1S/C39H66N2O21S2.3Na/c1-4-22-14-23(25(44)11-8-12-40-29(45)16-24(64(55,56)57)18-63(52,53)54)15-26(35(22)62-39-34(49)33(48)31(46)19(2)58-39)60-38-30(41-20(3)43)36(32(47)28(17-42)61-38)59-27(37(50)51)13-21-9-6-5-7-10-21;;;/h19,21-24,26-28,30-36,38-39,42,46-49H,4-18H2,1-3H3,(H,40,45)(H,41,43)(H,50,51)(H,52,53,54)(H,55,56,57);;;/q;3*+1/p-3/t19?,22?,23?,24?,26-,27+,28+,30?,31-,32+,33+,34?,35-,36?,38-,39+;;;/m1.../s1. The second kappa shape index (κ2) is 30.0. The second-order valence-electron chi connectivity index (χ2n) is 17.3. The van der Waals surface area contributed by atoms with Crippen molar-refractivity contribution in [3.05, 3.63) is 0 Å². The van der Waals surface area contributed by atoms with Crippen molar-refractivity contribution < 1.29 is 188 Å². The van der Waals surface area contributed by atoms with Crippen molar-refractivity contribution in [3.63, 3.8) is 0 Å². The molecule has 2 saturated heterocycles. The summed E-state index contributed by atoms with van der Waals surface area (Å²) in [5.74, 6) is -6.58. The van der Waals surface area contributed by atoms with E-state index >= 15 is 0 Å². The number of amides is 2. The predicted molar refractivity (Wildman–Crippen MR) is 213 cm³/mol. The molecule has 67 heavy (non-hydrogen) atoms. The number of aliphatic hydroxyl groups excluding tert-OH is 5. The summed E-state index contributed by atoms with van der Waals surface area (Å²) in [7, 11) is -10.5. The zero-order valence-corrected chi connectivity index (χ0v) is 46.6. The van der Waals surface area contributed by atoms with Gasteiger partial charge in [-0.25, -0.2) is 16.8 Å². The average Bonchev–Trinajstić information content (AvgIpc) is 3.21. The molecular formula is C39H63N2Na3O21S2. The number of carboxylic acid groups (broad SMARTS) is 1. The van der Waals surface area contributed by atoms with Gasteiger partial charge in [-0.05, 0) is 44.4 Å². The number of nitrogens with one attached hydrogen (secondary N) is 2. The molecule has 23 nitrogen and oxygen atoms in total. The van der Waals surface area contributed by atoms with Crippen LogP contribution in [0.3, 0.4) is 0 Å². The smallest absolute Gasteiger partial charge is 0.748 e. The Morgan fingerprint density at radius 3 is 2.04 bits per heavy atom. The third-order valence-electron chi connectivity index (χ3n) is 12.5. The number of carbonyl (C=O) groups excluding carboxylic acids is 4. The maximum absolute atomic E-state index is 13.8. The van der Waals surface area contributed by atoms with Gasteiger partial charge in [0.25, 0.3) is 0 Å². The van der Waals surface area contributed by atoms with Gasteiger partial charge in [0.15, 0.2) is 12.6 Å². The van der Waals surface area contributed by atoms with Crippen molar-refractivity contribution in [1.29, 1.82) is 0 Å². The number of Topliss-reactive ketones (excluding diaryl/α,β-unsaturated/α-hetero) is 1. The number of ketones is 1. The monoisotopic (exact) mass is 1030 g/mol. The molecule has 0 aromatic carbocycles. The zero-order valence-electron chi connectivity index (χ0n) is 39.0. The van der Waals surface area contributed by atoms with E-state index in [-0.39, 0.29) is 139 Å². The van der Waals surface area contributed by atoms with Gasteiger partial charge in [-0.15, -0.1) is 0 Å².